The van der Waals surface area contributed by atoms with E-state index in [9.17, 15) is 0 Å². The minimum Gasteiger partial charge on any atom is -0.326 e. The average molecular weight is 267 g/mol. The topological polar surface area (TPSA) is 51.8 Å². The molecule has 3 nitrogen and oxygen atoms in total. The molecule has 0 spiro atoms. The van der Waals surface area contributed by atoms with Crippen molar-refractivity contribution in [3.05, 3.63) is 59.6 Å². The van der Waals surface area contributed by atoms with Crippen molar-refractivity contribution < 1.29 is 0 Å². The summed E-state index contributed by atoms with van der Waals surface area (Å²) in [4.78, 5) is 10.1. The maximum Gasteiger partial charge on any atom is 0.159 e. The molecule has 0 amide bonds. The third-order valence-corrected chi connectivity index (χ3v) is 3.77. The van der Waals surface area contributed by atoms with Crippen molar-refractivity contribution in [1.29, 1.82) is 0 Å². The molecular weight excluding hydrogens is 254 g/mol. The van der Waals surface area contributed by atoms with Gasteiger partial charge in [0.15, 0.2) is 5.82 Å². The Morgan fingerprint density at radius 1 is 1.05 bits per heavy atom. The van der Waals surface area contributed by atoms with Crippen molar-refractivity contribution in [1.82, 2.24) is 9.97 Å². The van der Waals surface area contributed by atoms with Crippen LogP contribution in [0, 0.1) is 0 Å². The molecule has 3 aromatic rings. The Hall–Kier alpha value is -2.04. The minimum absolute atomic E-state index is 0.552. The zero-order chi connectivity index (χ0) is 13.1. The van der Waals surface area contributed by atoms with E-state index in [-0.39, 0.29) is 0 Å². The van der Waals surface area contributed by atoms with Gasteiger partial charge in [0.25, 0.3) is 0 Å². The van der Waals surface area contributed by atoms with Crippen molar-refractivity contribution in [2.24, 2.45) is 5.73 Å². The molecule has 0 saturated carbocycles. The first kappa shape index (κ1) is 12.0. The maximum absolute atomic E-state index is 5.60. The Labute approximate surface area is 115 Å². The summed E-state index contributed by atoms with van der Waals surface area (Å²) >= 11 is 1.68. The highest BCUT2D eigenvalue weighted by molar-refractivity contribution is 7.13. The van der Waals surface area contributed by atoms with Crippen molar-refractivity contribution in [3.63, 3.8) is 0 Å². The third kappa shape index (κ3) is 2.54. The van der Waals surface area contributed by atoms with Gasteiger partial charge in [-0.1, -0.05) is 30.3 Å². The Kier molecular flexibility index (Phi) is 3.35. The van der Waals surface area contributed by atoms with Crippen LogP contribution in [0.3, 0.4) is 0 Å². The molecule has 2 N–H and O–H groups in total. The molecule has 0 aliphatic carbocycles. The van der Waals surface area contributed by atoms with Gasteiger partial charge in [-0.15, -0.1) is 11.3 Å². The summed E-state index contributed by atoms with van der Waals surface area (Å²) < 4.78 is 0. The van der Waals surface area contributed by atoms with Crippen LogP contribution in [-0.2, 0) is 6.54 Å². The van der Waals surface area contributed by atoms with Crippen LogP contribution >= 0.6 is 11.3 Å². The van der Waals surface area contributed by atoms with Gasteiger partial charge in [0.2, 0.25) is 0 Å². The smallest absolute Gasteiger partial charge is 0.159 e. The Morgan fingerprint density at radius 2 is 1.89 bits per heavy atom. The first-order chi connectivity index (χ1) is 9.36. The lowest BCUT2D eigenvalue weighted by Gasteiger charge is -2.03. The second-order valence-electron chi connectivity index (χ2n) is 4.14. The minimum atomic E-state index is 0.552. The molecular formula is C15H13N3S. The van der Waals surface area contributed by atoms with Gasteiger partial charge in [0, 0.05) is 18.3 Å². The van der Waals surface area contributed by atoms with E-state index in [2.05, 4.69) is 16.0 Å². The van der Waals surface area contributed by atoms with Crippen LogP contribution in [0.25, 0.3) is 22.0 Å². The fraction of sp³-hybridized carbons (Fsp3) is 0.0667. The highest BCUT2D eigenvalue weighted by Gasteiger charge is 2.05. The van der Waals surface area contributed by atoms with Gasteiger partial charge < -0.3 is 5.73 Å². The quantitative estimate of drug-likeness (QED) is 0.792. The SMILES string of the molecule is NCc1ccc(-c2nccc(-c3cccs3)n2)cc1. The number of nitrogens with two attached hydrogens (primary N) is 1. The first-order valence-corrected chi connectivity index (χ1v) is 6.91. The molecule has 0 bridgehead atoms. The average Bonchev–Trinajstić information content (AvgIpc) is 3.02. The Bertz CT molecular complexity index is 660. The molecule has 3 rings (SSSR count). The number of nitrogens with zero attached hydrogens (tertiary/aromatic N) is 2. The lowest BCUT2D eigenvalue weighted by atomic mass is 10.1. The number of aromatic nitrogens is 2. The molecule has 2 aromatic heterocycles. The molecule has 0 fully saturated rings. The van der Waals surface area contributed by atoms with E-state index in [1.54, 1.807) is 17.5 Å². The highest BCUT2D eigenvalue weighted by atomic mass is 32.1. The molecule has 0 radical (unpaired) electrons. The van der Waals surface area contributed by atoms with Crippen molar-refractivity contribution in [2.45, 2.75) is 6.54 Å². The molecule has 0 atom stereocenters. The van der Waals surface area contributed by atoms with E-state index in [1.165, 1.54) is 0 Å². The van der Waals surface area contributed by atoms with Crippen LogP contribution in [0.1, 0.15) is 5.56 Å². The molecule has 0 aliphatic heterocycles. The van der Waals surface area contributed by atoms with Gasteiger partial charge in [-0.2, -0.15) is 0 Å². The predicted octanol–water partition coefficient (Wildman–Crippen LogP) is 3.33. The summed E-state index contributed by atoms with van der Waals surface area (Å²) in [6.07, 6.45) is 1.80. The number of benzene rings is 1. The highest BCUT2D eigenvalue weighted by Crippen LogP contribution is 2.24. The maximum atomic E-state index is 5.60. The van der Waals surface area contributed by atoms with Crippen molar-refractivity contribution >= 4 is 11.3 Å². The zero-order valence-corrected chi connectivity index (χ0v) is 11.1. The molecule has 0 unspecified atom stereocenters. The van der Waals surface area contributed by atoms with Crippen LogP contribution < -0.4 is 5.73 Å². The van der Waals surface area contributed by atoms with Crippen LogP contribution in [-0.4, -0.2) is 9.97 Å². The molecule has 0 saturated heterocycles. The predicted molar refractivity (Wildman–Crippen MR) is 78.7 cm³/mol. The fourth-order valence-electron chi connectivity index (χ4n) is 1.85. The van der Waals surface area contributed by atoms with Gasteiger partial charge in [0.05, 0.1) is 10.6 Å². The summed E-state index contributed by atoms with van der Waals surface area (Å²) in [5, 5.41) is 2.05. The second-order valence-corrected chi connectivity index (χ2v) is 5.09. The number of hydrogen-bond acceptors (Lipinski definition) is 4. The monoisotopic (exact) mass is 267 g/mol. The summed E-state index contributed by atoms with van der Waals surface area (Å²) in [5.74, 6) is 0.745. The molecule has 4 heteroatoms. The summed E-state index contributed by atoms with van der Waals surface area (Å²) in [6, 6.07) is 14.1. The van der Waals surface area contributed by atoms with E-state index in [1.807, 2.05) is 41.8 Å². The largest absolute Gasteiger partial charge is 0.326 e. The van der Waals surface area contributed by atoms with Crippen molar-refractivity contribution in [3.8, 4) is 22.0 Å². The zero-order valence-electron chi connectivity index (χ0n) is 10.3. The van der Waals surface area contributed by atoms with Crippen LogP contribution in [0.5, 0.6) is 0 Å². The van der Waals surface area contributed by atoms with E-state index in [0.29, 0.717) is 6.54 Å². The lowest BCUT2D eigenvalue weighted by molar-refractivity contribution is 1.07. The lowest BCUT2D eigenvalue weighted by Crippen LogP contribution is -1.96. The first-order valence-electron chi connectivity index (χ1n) is 6.03. The van der Waals surface area contributed by atoms with Gasteiger partial charge in [0.1, 0.15) is 0 Å². The van der Waals surface area contributed by atoms with Gasteiger partial charge in [-0.25, -0.2) is 9.97 Å². The van der Waals surface area contributed by atoms with E-state index in [4.69, 9.17) is 5.73 Å². The second kappa shape index (κ2) is 5.30. The standard InChI is InChI=1S/C15H13N3S/c16-10-11-3-5-12(6-4-11)15-17-8-7-13(18-15)14-2-1-9-19-14/h1-9H,10,16H2. The third-order valence-electron chi connectivity index (χ3n) is 2.88. The molecule has 19 heavy (non-hydrogen) atoms. The number of rotatable bonds is 3. The normalized spacial score (nSPS) is 10.6. The van der Waals surface area contributed by atoms with Crippen LogP contribution in [0.2, 0.25) is 0 Å². The van der Waals surface area contributed by atoms with E-state index >= 15 is 0 Å². The molecule has 0 aliphatic rings. The van der Waals surface area contributed by atoms with E-state index < -0.39 is 0 Å². The summed E-state index contributed by atoms with van der Waals surface area (Å²) in [7, 11) is 0. The number of hydrogen-bond donors (Lipinski definition) is 1. The van der Waals surface area contributed by atoms with Crippen LogP contribution in [0.15, 0.2) is 54.0 Å². The van der Waals surface area contributed by atoms with Gasteiger partial charge in [-0.3, -0.25) is 0 Å². The van der Waals surface area contributed by atoms with E-state index in [0.717, 1.165) is 27.5 Å². The van der Waals surface area contributed by atoms with Crippen LogP contribution in [0.4, 0.5) is 0 Å². The fourth-order valence-corrected chi connectivity index (χ4v) is 2.54. The molecule has 1 aromatic carbocycles. The van der Waals surface area contributed by atoms with Gasteiger partial charge in [-0.05, 0) is 23.1 Å². The summed E-state index contributed by atoms with van der Waals surface area (Å²) in [5.41, 5.74) is 8.68. The molecule has 2 heterocycles. The Morgan fingerprint density at radius 3 is 2.58 bits per heavy atom. The van der Waals surface area contributed by atoms with Crippen molar-refractivity contribution in [2.75, 3.05) is 0 Å². The summed E-state index contributed by atoms with van der Waals surface area (Å²) in [6.45, 7) is 0.552. The molecule has 94 valence electrons. The number of thiophene rings is 1. The Balaban J connectivity index is 1.98. The van der Waals surface area contributed by atoms with Gasteiger partial charge >= 0.3 is 0 Å².